The molecule has 2 rings (SSSR count). The Morgan fingerprint density at radius 2 is 2.28 bits per heavy atom. The lowest BCUT2D eigenvalue weighted by molar-refractivity contribution is 0.0420. The van der Waals surface area contributed by atoms with E-state index in [-0.39, 0.29) is 12.0 Å². The first-order chi connectivity index (χ1) is 8.54. The van der Waals surface area contributed by atoms with Crippen molar-refractivity contribution in [1.82, 2.24) is 0 Å². The van der Waals surface area contributed by atoms with Crippen LogP contribution in [0.2, 0.25) is 5.02 Å². The van der Waals surface area contributed by atoms with Gasteiger partial charge in [0.2, 0.25) is 0 Å². The second kappa shape index (κ2) is 5.78. The number of hydrogen-bond donors (Lipinski definition) is 1. The summed E-state index contributed by atoms with van der Waals surface area (Å²) in [6.45, 7) is 2.67. The highest BCUT2D eigenvalue weighted by molar-refractivity contribution is 9.10. The van der Waals surface area contributed by atoms with Gasteiger partial charge in [-0.25, -0.2) is 0 Å². The number of ether oxygens (including phenoxy) is 2. The van der Waals surface area contributed by atoms with Gasteiger partial charge in [0.15, 0.2) is 0 Å². The maximum Gasteiger partial charge on any atom is 0.138 e. The van der Waals surface area contributed by atoms with Gasteiger partial charge in [0.1, 0.15) is 5.75 Å². The van der Waals surface area contributed by atoms with E-state index in [9.17, 15) is 5.11 Å². The Morgan fingerprint density at radius 3 is 2.83 bits per heavy atom. The first-order valence-electron chi connectivity index (χ1n) is 5.87. The Balaban J connectivity index is 2.37. The summed E-state index contributed by atoms with van der Waals surface area (Å²) < 4.78 is 11.6. The van der Waals surface area contributed by atoms with Gasteiger partial charge in [0, 0.05) is 23.1 Å². The molecule has 0 spiro atoms. The molecule has 1 aromatic carbocycles. The van der Waals surface area contributed by atoms with E-state index in [1.165, 1.54) is 0 Å². The fourth-order valence-electron chi connectivity index (χ4n) is 2.41. The average molecular weight is 336 g/mol. The number of aliphatic hydroxyl groups is 1. The van der Waals surface area contributed by atoms with Crippen molar-refractivity contribution < 1.29 is 14.6 Å². The zero-order valence-electron chi connectivity index (χ0n) is 10.3. The maximum absolute atomic E-state index is 10.5. The molecule has 1 heterocycles. The van der Waals surface area contributed by atoms with Crippen LogP contribution in [0, 0.1) is 5.92 Å². The average Bonchev–Trinajstić information content (AvgIpc) is 2.73. The van der Waals surface area contributed by atoms with Crippen LogP contribution in [-0.2, 0) is 4.74 Å². The van der Waals surface area contributed by atoms with Crippen molar-refractivity contribution in [3.8, 4) is 5.75 Å². The molecule has 3 atom stereocenters. The lowest BCUT2D eigenvalue weighted by Crippen LogP contribution is -2.20. The first-order valence-corrected chi connectivity index (χ1v) is 7.04. The molecule has 3 unspecified atom stereocenters. The second-order valence-electron chi connectivity index (χ2n) is 4.48. The summed E-state index contributed by atoms with van der Waals surface area (Å²) in [5, 5.41) is 11.1. The lowest BCUT2D eigenvalue weighted by atomic mass is 9.90. The molecule has 0 saturated carbocycles. The van der Waals surface area contributed by atoms with Gasteiger partial charge >= 0.3 is 0 Å². The highest BCUT2D eigenvalue weighted by Gasteiger charge is 2.33. The third-order valence-corrected chi connectivity index (χ3v) is 4.21. The molecule has 0 bridgehead atoms. The molecule has 1 aliphatic heterocycles. The SMILES string of the molecule is COc1c(Br)cc(Cl)cc1C(O)C1CCOC1C. The van der Waals surface area contributed by atoms with E-state index in [2.05, 4.69) is 15.9 Å². The van der Waals surface area contributed by atoms with Crippen LogP contribution in [0.15, 0.2) is 16.6 Å². The van der Waals surface area contributed by atoms with Crippen LogP contribution in [-0.4, -0.2) is 24.9 Å². The van der Waals surface area contributed by atoms with E-state index in [1.807, 2.05) is 6.92 Å². The van der Waals surface area contributed by atoms with E-state index in [0.717, 1.165) is 10.9 Å². The van der Waals surface area contributed by atoms with Crippen LogP contribution in [0.25, 0.3) is 0 Å². The van der Waals surface area contributed by atoms with Crippen molar-refractivity contribution in [3.63, 3.8) is 0 Å². The van der Waals surface area contributed by atoms with E-state index < -0.39 is 6.10 Å². The predicted molar refractivity (Wildman–Crippen MR) is 74.2 cm³/mol. The summed E-state index contributed by atoms with van der Waals surface area (Å²) >= 11 is 9.44. The minimum atomic E-state index is -0.632. The van der Waals surface area contributed by atoms with Gasteiger partial charge in [-0.1, -0.05) is 11.6 Å². The van der Waals surface area contributed by atoms with Crippen molar-refractivity contribution in [1.29, 1.82) is 0 Å². The van der Waals surface area contributed by atoms with Gasteiger partial charge in [0.25, 0.3) is 0 Å². The minimum absolute atomic E-state index is 0.0439. The molecule has 0 aromatic heterocycles. The van der Waals surface area contributed by atoms with E-state index >= 15 is 0 Å². The molecule has 18 heavy (non-hydrogen) atoms. The molecule has 0 aliphatic carbocycles. The van der Waals surface area contributed by atoms with Crippen LogP contribution in [0.3, 0.4) is 0 Å². The maximum atomic E-state index is 10.5. The summed E-state index contributed by atoms with van der Waals surface area (Å²) in [6.07, 6.45) is 0.255. The number of halogens is 2. The zero-order valence-corrected chi connectivity index (χ0v) is 12.7. The molecule has 1 fully saturated rings. The standard InChI is InChI=1S/C13H16BrClO3/c1-7-9(3-4-18-7)12(16)10-5-8(15)6-11(14)13(10)17-2/h5-7,9,12,16H,3-4H2,1-2H3. The van der Waals surface area contributed by atoms with Crippen molar-refractivity contribution >= 4 is 27.5 Å². The molecule has 3 nitrogen and oxygen atoms in total. The summed E-state index contributed by atoms with van der Waals surface area (Å²) in [7, 11) is 1.58. The Hall–Kier alpha value is -0.290. The van der Waals surface area contributed by atoms with Crippen LogP contribution < -0.4 is 4.74 Å². The quantitative estimate of drug-likeness (QED) is 0.918. The Morgan fingerprint density at radius 1 is 1.56 bits per heavy atom. The van der Waals surface area contributed by atoms with Gasteiger partial charge in [-0.05, 0) is 41.4 Å². The highest BCUT2D eigenvalue weighted by Crippen LogP contribution is 2.41. The molecule has 5 heteroatoms. The number of benzene rings is 1. The highest BCUT2D eigenvalue weighted by atomic mass is 79.9. The van der Waals surface area contributed by atoms with Gasteiger partial charge in [-0.2, -0.15) is 0 Å². The van der Waals surface area contributed by atoms with E-state index in [0.29, 0.717) is 22.9 Å². The molecule has 1 aromatic rings. The van der Waals surface area contributed by atoms with Gasteiger partial charge in [-0.3, -0.25) is 0 Å². The molecule has 1 saturated heterocycles. The van der Waals surface area contributed by atoms with Crippen LogP contribution in [0.5, 0.6) is 5.75 Å². The van der Waals surface area contributed by atoms with E-state index in [1.54, 1.807) is 19.2 Å². The number of hydrogen-bond acceptors (Lipinski definition) is 3. The van der Waals surface area contributed by atoms with Crippen LogP contribution >= 0.6 is 27.5 Å². The fraction of sp³-hybridized carbons (Fsp3) is 0.538. The largest absolute Gasteiger partial charge is 0.495 e. The smallest absolute Gasteiger partial charge is 0.138 e. The molecule has 1 aliphatic rings. The number of methoxy groups -OCH3 is 1. The summed E-state index contributed by atoms with van der Waals surface area (Å²) in [5.41, 5.74) is 0.708. The van der Waals surface area contributed by atoms with Gasteiger partial charge in [0.05, 0.1) is 23.8 Å². The molecule has 0 amide bonds. The van der Waals surface area contributed by atoms with Crippen molar-refractivity contribution in [2.24, 2.45) is 5.92 Å². The Labute approximate surface area is 120 Å². The fourth-order valence-corrected chi connectivity index (χ4v) is 3.40. The first kappa shape index (κ1) is 14.1. The van der Waals surface area contributed by atoms with E-state index in [4.69, 9.17) is 21.1 Å². The third-order valence-electron chi connectivity index (χ3n) is 3.40. The Kier molecular flexibility index (Phi) is 4.54. The summed E-state index contributed by atoms with van der Waals surface area (Å²) in [6, 6.07) is 3.51. The van der Waals surface area contributed by atoms with Crippen molar-refractivity contribution in [2.45, 2.75) is 25.6 Å². The van der Waals surface area contributed by atoms with Crippen molar-refractivity contribution in [2.75, 3.05) is 13.7 Å². The topological polar surface area (TPSA) is 38.7 Å². The molecule has 0 radical (unpaired) electrons. The number of rotatable bonds is 3. The second-order valence-corrected chi connectivity index (χ2v) is 5.77. The molecule has 1 N–H and O–H groups in total. The van der Waals surface area contributed by atoms with Crippen LogP contribution in [0.1, 0.15) is 25.0 Å². The van der Waals surface area contributed by atoms with Crippen LogP contribution in [0.4, 0.5) is 0 Å². The molecule has 100 valence electrons. The Bertz CT molecular complexity index is 438. The monoisotopic (exact) mass is 334 g/mol. The lowest BCUT2D eigenvalue weighted by Gasteiger charge is -2.23. The third kappa shape index (κ3) is 2.67. The van der Waals surface area contributed by atoms with Crippen molar-refractivity contribution in [3.05, 3.63) is 27.2 Å². The minimum Gasteiger partial charge on any atom is -0.495 e. The van der Waals surface area contributed by atoms with Gasteiger partial charge in [-0.15, -0.1) is 0 Å². The zero-order chi connectivity index (χ0) is 13.3. The molecular weight excluding hydrogens is 319 g/mol. The summed E-state index contributed by atoms with van der Waals surface area (Å²) in [5.74, 6) is 0.704. The predicted octanol–water partition coefficient (Wildman–Crippen LogP) is 3.57. The summed E-state index contributed by atoms with van der Waals surface area (Å²) in [4.78, 5) is 0. The normalized spacial score (nSPS) is 25.2. The van der Waals surface area contributed by atoms with Gasteiger partial charge < -0.3 is 14.6 Å². The molecular formula is C13H16BrClO3. The number of aliphatic hydroxyl groups excluding tert-OH is 1.